The molecule has 1 atom stereocenters. The van der Waals surface area contributed by atoms with Crippen molar-refractivity contribution in [1.82, 2.24) is 10.3 Å². The molecule has 7 nitrogen and oxygen atoms in total. The largest absolute Gasteiger partial charge is 0.457 e. The van der Waals surface area contributed by atoms with Crippen molar-refractivity contribution in [1.29, 1.82) is 0 Å². The van der Waals surface area contributed by atoms with Gasteiger partial charge in [0.05, 0.1) is 5.56 Å². The molecule has 2 N–H and O–H groups in total. The van der Waals surface area contributed by atoms with E-state index in [9.17, 15) is 22.8 Å². The second-order valence-corrected chi connectivity index (χ2v) is 10.9. The van der Waals surface area contributed by atoms with E-state index >= 15 is 0 Å². The molecule has 0 fully saturated rings. The summed E-state index contributed by atoms with van der Waals surface area (Å²) in [7, 11) is 0. The van der Waals surface area contributed by atoms with E-state index in [1.807, 2.05) is 31.2 Å². The SMILES string of the molecule is Cc1cc(Oc2ccc3c(c2)CC(C(=O)Nc2cc(CNC(=O)OC(C)(C)C)cc(C(F)(F)F)c2)CC3)ccn1. The molecule has 4 rings (SSSR count). The van der Waals surface area contributed by atoms with Crippen LogP contribution in [-0.4, -0.2) is 22.6 Å². The first-order chi connectivity index (χ1) is 18.7. The number of alkyl carbamates (subject to hydrolysis) is 1. The number of carbonyl (C=O) groups excluding carboxylic acids is 2. The highest BCUT2D eigenvalue weighted by Gasteiger charge is 2.32. The van der Waals surface area contributed by atoms with Crippen molar-refractivity contribution in [2.75, 3.05) is 5.32 Å². The summed E-state index contributed by atoms with van der Waals surface area (Å²) in [5, 5.41) is 5.12. The lowest BCUT2D eigenvalue weighted by Gasteiger charge is -2.25. The molecule has 0 bridgehead atoms. The van der Waals surface area contributed by atoms with Crippen LogP contribution < -0.4 is 15.4 Å². The van der Waals surface area contributed by atoms with Crippen molar-refractivity contribution < 1.29 is 32.2 Å². The maximum atomic E-state index is 13.6. The van der Waals surface area contributed by atoms with Crippen LogP contribution in [0.5, 0.6) is 11.5 Å². The second-order valence-electron chi connectivity index (χ2n) is 10.9. The second kappa shape index (κ2) is 11.6. The molecule has 0 saturated heterocycles. The summed E-state index contributed by atoms with van der Waals surface area (Å²) in [6.07, 6.45) is -2.06. The van der Waals surface area contributed by atoms with Crippen molar-refractivity contribution in [3.05, 3.63) is 82.7 Å². The quantitative estimate of drug-likeness (QED) is 0.343. The number of pyridine rings is 1. The lowest BCUT2D eigenvalue weighted by atomic mass is 9.83. The number of nitrogens with zero attached hydrogens (tertiary/aromatic N) is 1. The number of nitrogens with one attached hydrogen (secondary N) is 2. The number of carbonyl (C=O) groups is 2. The third kappa shape index (κ3) is 7.97. The summed E-state index contributed by atoms with van der Waals surface area (Å²) in [6.45, 7) is 6.73. The van der Waals surface area contributed by atoms with Crippen molar-refractivity contribution in [2.45, 2.75) is 65.3 Å². The fourth-order valence-electron chi connectivity index (χ4n) is 4.50. The number of anilines is 1. The molecule has 1 unspecified atom stereocenters. The number of rotatable bonds is 6. The molecule has 0 aliphatic heterocycles. The predicted molar refractivity (Wildman–Crippen MR) is 144 cm³/mol. The van der Waals surface area contributed by atoms with Gasteiger partial charge in [0, 0.05) is 36.1 Å². The van der Waals surface area contributed by atoms with Crippen LogP contribution >= 0.6 is 0 Å². The Labute approximate surface area is 231 Å². The summed E-state index contributed by atoms with van der Waals surface area (Å²) in [5.41, 5.74) is 1.41. The van der Waals surface area contributed by atoms with Gasteiger partial charge < -0.3 is 20.1 Å². The number of amides is 2. The van der Waals surface area contributed by atoms with E-state index in [0.717, 1.165) is 29.0 Å². The number of fused-ring (bicyclic) bond motifs is 1. The van der Waals surface area contributed by atoms with E-state index < -0.39 is 29.4 Å². The van der Waals surface area contributed by atoms with Gasteiger partial charge in [-0.15, -0.1) is 0 Å². The van der Waals surface area contributed by atoms with Gasteiger partial charge >= 0.3 is 12.3 Å². The lowest BCUT2D eigenvalue weighted by molar-refractivity contribution is -0.137. The number of aryl methyl sites for hydroxylation is 2. The van der Waals surface area contributed by atoms with E-state index in [4.69, 9.17) is 9.47 Å². The Morgan fingerprint density at radius 3 is 2.45 bits per heavy atom. The molecule has 0 saturated carbocycles. The molecule has 10 heteroatoms. The highest BCUT2D eigenvalue weighted by Crippen LogP contribution is 2.34. The first-order valence-corrected chi connectivity index (χ1v) is 13.0. The molecule has 1 aromatic heterocycles. The minimum atomic E-state index is -4.63. The fourth-order valence-corrected chi connectivity index (χ4v) is 4.50. The van der Waals surface area contributed by atoms with Crippen molar-refractivity contribution in [3.63, 3.8) is 0 Å². The Kier molecular flexibility index (Phi) is 8.37. The molecular formula is C30H32F3N3O4. The third-order valence-corrected chi connectivity index (χ3v) is 6.30. The normalized spacial score (nSPS) is 15.1. The van der Waals surface area contributed by atoms with Crippen molar-refractivity contribution >= 4 is 17.7 Å². The Morgan fingerprint density at radius 2 is 1.75 bits per heavy atom. The van der Waals surface area contributed by atoms with Crippen LogP contribution in [0.4, 0.5) is 23.7 Å². The van der Waals surface area contributed by atoms with E-state index in [1.165, 1.54) is 6.07 Å². The molecule has 3 aromatic rings. The molecular weight excluding hydrogens is 523 g/mol. The molecule has 0 spiro atoms. The fraction of sp³-hybridized carbons (Fsp3) is 0.367. The minimum Gasteiger partial charge on any atom is -0.457 e. The van der Waals surface area contributed by atoms with Gasteiger partial charge in [0.15, 0.2) is 0 Å². The Hall–Kier alpha value is -4.08. The summed E-state index contributed by atoms with van der Waals surface area (Å²) in [4.78, 5) is 29.3. The smallest absolute Gasteiger partial charge is 0.416 e. The van der Waals surface area contributed by atoms with Crippen LogP contribution in [0.15, 0.2) is 54.7 Å². The minimum absolute atomic E-state index is 0.0109. The van der Waals surface area contributed by atoms with Crippen LogP contribution in [0.25, 0.3) is 0 Å². The van der Waals surface area contributed by atoms with Gasteiger partial charge in [-0.2, -0.15) is 13.2 Å². The van der Waals surface area contributed by atoms with E-state index in [1.54, 1.807) is 33.0 Å². The zero-order chi connectivity index (χ0) is 29.1. The zero-order valence-electron chi connectivity index (χ0n) is 22.8. The van der Waals surface area contributed by atoms with Gasteiger partial charge in [0.25, 0.3) is 0 Å². The van der Waals surface area contributed by atoms with Crippen LogP contribution in [0, 0.1) is 12.8 Å². The van der Waals surface area contributed by atoms with Crippen molar-refractivity contribution in [3.8, 4) is 11.5 Å². The topological polar surface area (TPSA) is 89.6 Å². The summed E-state index contributed by atoms with van der Waals surface area (Å²) >= 11 is 0. The molecule has 40 heavy (non-hydrogen) atoms. The number of hydrogen-bond donors (Lipinski definition) is 2. The Morgan fingerprint density at radius 1 is 1.00 bits per heavy atom. The Bertz CT molecular complexity index is 1400. The predicted octanol–water partition coefficient (Wildman–Crippen LogP) is 6.97. The molecule has 0 radical (unpaired) electrons. The molecule has 212 valence electrons. The number of benzene rings is 2. The van der Waals surface area contributed by atoms with Gasteiger partial charge in [0.2, 0.25) is 5.91 Å². The molecule has 1 aliphatic carbocycles. The van der Waals surface area contributed by atoms with Gasteiger partial charge in [-0.1, -0.05) is 6.07 Å². The summed E-state index contributed by atoms with van der Waals surface area (Å²) < 4.78 is 51.9. The van der Waals surface area contributed by atoms with Crippen molar-refractivity contribution in [2.24, 2.45) is 5.92 Å². The van der Waals surface area contributed by atoms with E-state index in [2.05, 4.69) is 15.6 Å². The maximum Gasteiger partial charge on any atom is 0.416 e. The summed E-state index contributed by atoms with van der Waals surface area (Å²) in [5.74, 6) is 0.486. The van der Waals surface area contributed by atoms with Gasteiger partial charge in [-0.3, -0.25) is 9.78 Å². The number of alkyl halides is 3. The lowest BCUT2D eigenvalue weighted by Crippen LogP contribution is -2.32. The number of halogens is 3. The van der Waals surface area contributed by atoms with E-state index in [0.29, 0.717) is 30.8 Å². The Balaban J connectivity index is 1.46. The highest BCUT2D eigenvalue weighted by molar-refractivity contribution is 5.93. The molecule has 2 amide bonds. The average molecular weight is 556 g/mol. The van der Waals surface area contributed by atoms with Gasteiger partial charge in [-0.25, -0.2) is 4.79 Å². The van der Waals surface area contributed by atoms with Crippen LogP contribution in [0.1, 0.15) is 55.1 Å². The average Bonchev–Trinajstić information content (AvgIpc) is 2.85. The number of aromatic nitrogens is 1. The molecule has 1 heterocycles. The van der Waals surface area contributed by atoms with Gasteiger partial charge in [-0.05, 0) is 100 Å². The highest BCUT2D eigenvalue weighted by atomic mass is 19.4. The summed E-state index contributed by atoms with van der Waals surface area (Å²) in [6, 6.07) is 12.6. The first kappa shape index (κ1) is 28.9. The van der Waals surface area contributed by atoms with E-state index in [-0.39, 0.29) is 23.7 Å². The molecule has 2 aromatic carbocycles. The molecule has 1 aliphatic rings. The van der Waals surface area contributed by atoms with Crippen LogP contribution in [-0.2, 0) is 35.1 Å². The first-order valence-electron chi connectivity index (χ1n) is 13.0. The van der Waals surface area contributed by atoms with Gasteiger partial charge in [0.1, 0.15) is 17.1 Å². The zero-order valence-corrected chi connectivity index (χ0v) is 22.8. The number of hydrogen-bond acceptors (Lipinski definition) is 5. The monoisotopic (exact) mass is 555 g/mol. The van der Waals surface area contributed by atoms with Crippen LogP contribution in [0.2, 0.25) is 0 Å². The third-order valence-electron chi connectivity index (χ3n) is 6.30. The van der Waals surface area contributed by atoms with Crippen LogP contribution in [0.3, 0.4) is 0 Å². The number of ether oxygens (including phenoxy) is 2. The standard InChI is InChI=1S/C30H32F3N3O4/c1-18-11-26(9-10-34-18)39-25-8-7-20-5-6-21(14-22(20)15-25)27(37)36-24-13-19(12-23(16-24)30(31,32)33)17-35-28(38)40-29(2,3)4/h7-13,15-16,21H,5-6,14,17H2,1-4H3,(H,35,38)(H,36,37). The maximum absolute atomic E-state index is 13.6.